The van der Waals surface area contributed by atoms with Gasteiger partial charge in [-0.2, -0.15) is 0 Å². The number of aromatic nitrogens is 2. The third-order valence-electron chi connectivity index (χ3n) is 5.14. The van der Waals surface area contributed by atoms with Crippen LogP contribution in [0.4, 0.5) is 28.4 Å². The number of alkyl halides is 3. The number of thiazole rings is 1. The zero-order valence-corrected chi connectivity index (χ0v) is 27.0. The van der Waals surface area contributed by atoms with E-state index in [9.17, 15) is 27.9 Å². The Labute approximate surface area is 256 Å². The van der Waals surface area contributed by atoms with Crippen LogP contribution in [0.3, 0.4) is 0 Å². The Hall–Kier alpha value is -2.20. The number of rotatable bonds is 7. The largest absolute Gasteiger partial charge is 0.490 e. The number of pyridine rings is 1. The molecule has 2 amide bonds. The van der Waals surface area contributed by atoms with Crippen LogP contribution in [0.1, 0.15) is 51.4 Å². The first-order valence-electron chi connectivity index (χ1n) is 12.2. The lowest BCUT2D eigenvalue weighted by Gasteiger charge is -2.33. The zero-order chi connectivity index (χ0) is 30.9. The Morgan fingerprint density at radius 2 is 1.73 bits per heavy atom. The highest BCUT2D eigenvalue weighted by molar-refractivity contribution is 9.10. The van der Waals surface area contributed by atoms with E-state index in [1.807, 2.05) is 0 Å². The van der Waals surface area contributed by atoms with E-state index >= 15 is 0 Å². The smallest absolute Gasteiger partial charge is 0.443 e. The molecule has 41 heavy (non-hydrogen) atoms. The number of anilines is 1. The van der Waals surface area contributed by atoms with Crippen molar-refractivity contribution < 1.29 is 37.3 Å². The predicted octanol–water partition coefficient (Wildman–Crippen LogP) is 7.77. The van der Waals surface area contributed by atoms with E-state index in [1.165, 1.54) is 43.1 Å². The molecular weight excluding hydrogens is 673 g/mol. The third kappa shape index (κ3) is 8.66. The summed E-state index contributed by atoms with van der Waals surface area (Å²) in [5.74, 6) is 0. The van der Waals surface area contributed by atoms with Crippen LogP contribution in [0.15, 0.2) is 22.1 Å². The van der Waals surface area contributed by atoms with E-state index < -0.39 is 53.7 Å². The summed E-state index contributed by atoms with van der Waals surface area (Å²) in [6.45, 7) is 8.49. The number of carbonyl (C=O) groups is 2. The van der Waals surface area contributed by atoms with Crippen LogP contribution >= 0.6 is 50.2 Å². The Morgan fingerprint density at radius 3 is 2.24 bits per heavy atom. The molecule has 1 N–H and O–H groups in total. The first-order chi connectivity index (χ1) is 18.8. The number of hydrogen-bond acceptors (Lipinski definition) is 9. The normalized spacial score (nSPS) is 13.3. The van der Waals surface area contributed by atoms with Gasteiger partial charge in [-0.1, -0.05) is 11.6 Å². The molecular formula is C25H29BrClF3N4O5S2. The average Bonchev–Trinajstić information content (AvgIpc) is 3.41. The second-order valence-corrected chi connectivity index (χ2v) is 14.1. The SMILES string of the molecule is CC(C)(C)OC(=O)N(Cc1nccs1)c1cc(Cl)nc2c(Br)c(C[C@H](CO)N(C(=O)OC(C)(C)C)C(F)(F)F)sc12. The van der Waals surface area contributed by atoms with Crippen molar-refractivity contribution in [3.05, 3.63) is 37.2 Å². The minimum atomic E-state index is -5.13. The van der Waals surface area contributed by atoms with Crippen LogP contribution in [-0.4, -0.2) is 62.3 Å². The lowest BCUT2D eigenvalue weighted by molar-refractivity contribution is -0.247. The van der Waals surface area contributed by atoms with Gasteiger partial charge in [0.15, 0.2) is 0 Å². The molecule has 3 rings (SSSR count). The summed E-state index contributed by atoms with van der Waals surface area (Å²) in [7, 11) is 0. The quantitative estimate of drug-likeness (QED) is 0.198. The van der Waals surface area contributed by atoms with Crippen LogP contribution < -0.4 is 4.90 Å². The molecule has 0 bridgehead atoms. The molecule has 16 heteroatoms. The number of aliphatic hydroxyl groups excluding tert-OH is 1. The molecule has 9 nitrogen and oxygen atoms in total. The lowest BCUT2D eigenvalue weighted by atomic mass is 10.1. The Bertz CT molecular complexity index is 1390. The Morgan fingerprint density at radius 1 is 1.12 bits per heavy atom. The van der Waals surface area contributed by atoms with Gasteiger partial charge in [-0.05, 0) is 57.5 Å². The second-order valence-electron chi connectivity index (χ2n) is 10.8. The van der Waals surface area contributed by atoms with Gasteiger partial charge < -0.3 is 14.6 Å². The number of aliphatic hydroxyl groups is 1. The summed E-state index contributed by atoms with van der Waals surface area (Å²) >= 11 is 12.1. The van der Waals surface area contributed by atoms with Crippen LogP contribution in [-0.2, 0) is 22.4 Å². The van der Waals surface area contributed by atoms with Gasteiger partial charge in [0.25, 0.3) is 0 Å². The molecule has 0 aliphatic carbocycles. The summed E-state index contributed by atoms with van der Waals surface area (Å²) < 4.78 is 53.4. The molecule has 3 heterocycles. The topological polar surface area (TPSA) is 105 Å². The van der Waals surface area contributed by atoms with Crippen molar-refractivity contribution >= 4 is 78.3 Å². The van der Waals surface area contributed by atoms with Crippen LogP contribution in [0, 0.1) is 0 Å². The highest BCUT2D eigenvalue weighted by Crippen LogP contribution is 2.43. The van der Waals surface area contributed by atoms with E-state index in [4.69, 9.17) is 21.1 Å². The van der Waals surface area contributed by atoms with E-state index in [1.54, 1.807) is 32.3 Å². The fourth-order valence-corrected chi connectivity index (χ4v) is 6.47. The van der Waals surface area contributed by atoms with E-state index in [0.717, 1.165) is 11.3 Å². The van der Waals surface area contributed by atoms with Gasteiger partial charge in [0.1, 0.15) is 21.4 Å². The molecule has 0 unspecified atom stereocenters. The maximum Gasteiger partial charge on any atom is 0.490 e. The van der Waals surface area contributed by atoms with Crippen molar-refractivity contribution in [2.45, 2.75) is 78.1 Å². The lowest BCUT2D eigenvalue weighted by Crippen LogP contribution is -2.53. The number of amides is 2. The summed E-state index contributed by atoms with van der Waals surface area (Å²) in [4.78, 5) is 35.7. The van der Waals surface area contributed by atoms with Crippen LogP contribution in [0.25, 0.3) is 10.2 Å². The molecule has 0 saturated heterocycles. The molecule has 0 aliphatic rings. The fraction of sp³-hybridized carbons (Fsp3) is 0.520. The maximum atomic E-state index is 14.0. The molecule has 0 radical (unpaired) electrons. The van der Waals surface area contributed by atoms with Crippen LogP contribution in [0.2, 0.25) is 5.15 Å². The molecule has 3 aromatic heterocycles. The Balaban J connectivity index is 2.10. The molecule has 0 fully saturated rings. The number of ether oxygens (including phenoxy) is 2. The highest BCUT2D eigenvalue weighted by atomic mass is 79.9. The molecule has 1 atom stereocenters. The van der Waals surface area contributed by atoms with Gasteiger partial charge in [-0.25, -0.2) is 24.5 Å². The van der Waals surface area contributed by atoms with Crippen molar-refractivity contribution in [2.75, 3.05) is 11.5 Å². The first kappa shape index (κ1) is 33.3. The predicted molar refractivity (Wildman–Crippen MR) is 156 cm³/mol. The maximum absolute atomic E-state index is 14.0. The zero-order valence-electron chi connectivity index (χ0n) is 23.0. The van der Waals surface area contributed by atoms with Crippen LogP contribution in [0.5, 0.6) is 0 Å². The number of carbonyl (C=O) groups excluding carboxylic acids is 2. The monoisotopic (exact) mass is 700 g/mol. The molecule has 226 valence electrons. The standard InChI is InChI=1S/C25H29BrClF3N4O5S2/c1-23(2,3)38-21(36)33(11-17-31-7-8-40-17)14-10-16(27)32-19-18(26)15(41-20(14)19)9-13(12-35)34(25(28,29)30)22(37)39-24(4,5)6/h7-8,10,13,35H,9,11-12H2,1-6H3/t13-/m1/s1. The first-order valence-corrected chi connectivity index (χ1v) is 15.0. The number of fused-ring (bicyclic) bond motifs is 1. The average molecular weight is 702 g/mol. The van der Waals surface area contributed by atoms with Gasteiger partial charge in [-0.15, -0.1) is 35.8 Å². The van der Waals surface area contributed by atoms with Crippen molar-refractivity contribution in [1.82, 2.24) is 14.9 Å². The molecule has 0 aromatic carbocycles. The van der Waals surface area contributed by atoms with E-state index in [0.29, 0.717) is 24.7 Å². The van der Waals surface area contributed by atoms with Gasteiger partial charge in [0.2, 0.25) is 0 Å². The summed E-state index contributed by atoms with van der Waals surface area (Å²) in [6, 6.07) is -0.259. The van der Waals surface area contributed by atoms with Gasteiger partial charge >= 0.3 is 18.5 Å². The van der Waals surface area contributed by atoms with Crippen molar-refractivity contribution in [1.29, 1.82) is 0 Å². The van der Waals surface area contributed by atoms with Gasteiger partial charge in [0.05, 0.1) is 39.6 Å². The minimum absolute atomic E-state index is 0.0228. The fourth-order valence-electron chi connectivity index (χ4n) is 3.62. The highest BCUT2D eigenvalue weighted by Gasteiger charge is 2.47. The van der Waals surface area contributed by atoms with E-state index in [-0.39, 0.29) is 17.2 Å². The summed E-state index contributed by atoms with van der Waals surface area (Å²) in [6.07, 6.45) is -6.28. The molecule has 3 aromatic rings. The van der Waals surface area contributed by atoms with Gasteiger partial charge in [0, 0.05) is 28.9 Å². The second kappa shape index (κ2) is 12.6. The van der Waals surface area contributed by atoms with E-state index in [2.05, 4.69) is 25.9 Å². The molecule has 0 spiro atoms. The van der Waals surface area contributed by atoms with Crippen molar-refractivity contribution in [3.8, 4) is 0 Å². The van der Waals surface area contributed by atoms with Crippen molar-refractivity contribution in [3.63, 3.8) is 0 Å². The molecule has 0 saturated carbocycles. The number of thiophene rings is 1. The minimum Gasteiger partial charge on any atom is -0.443 e. The number of hydrogen-bond donors (Lipinski definition) is 1. The summed E-state index contributed by atoms with van der Waals surface area (Å²) in [5, 5.41) is 12.4. The number of halogens is 5. The molecule has 0 aliphatic heterocycles. The third-order valence-corrected chi connectivity index (χ3v) is 8.44. The van der Waals surface area contributed by atoms with Crippen molar-refractivity contribution in [2.24, 2.45) is 0 Å². The Kier molecular flexibility index (Phi) is 10.2. The van der Waals surface area contributed by atoms with Gasteiger partial charge in [-0.3, -0.25) is 4.90 Å². The summed E-state index contributed by atoms with van der Waals surface area (Å²) in [5.41, 5.74) is -1.43. The number of nitrogens with zero attached hydrogens (tertiary/aromatic N) is 4.